The van der Waals surface area contributed by atoms with Crippen molar-refractivity contribution >= 4 is 0 Å². The van der Waals surface area contributed by atoms with Crippen LogP contribution in [0.2, 0.25) is 0 Å². The molecule has 102 valence electrons. The van der Waals surface area contributed by atoms with Gasteiger partial charge >= 0.3 is 0 Å². The van der Waals surface area contributed by atoms with Gasteiger partial charge in [-0.1, -0.05) is 18.2 Å². The van der Waals surface area contributed by atoms with Gasteiger partial charge in [-0.25, -0.2) is 4.39 Å². The molecule has 1 aromatic carbocycles. The molecule has 1 aromatic heterocycles. The molecule has 5 heteroatoms. The van der Waals surface area contributed by atoms with E-state index in [4.69, 9.17) is 0 Å². The summed E-state index contributed by atoms with van der Waals surface area (Å²) in [5, 5.41) is 11.4. The van der Waals surface area contributed by atoms with Gasteiger partial charge in [-0.05, 0) is 43.1 Å². The molecule has 0 aliphatic heterocycles. The average Bonchev–Trinajstić information content (AvgIpc) is 2.78. The lowest BCUT2D eigenvalue weighted by Gasteiger charge is -2.20. The predicted molar refractivity (Wildman–Crippen MR) is 72.3 cm³/mol. The number of rotatable bonds is 5. The van der Waals surface area contributed by atoms with E-state index in [2.05, 4.69) is 22.6 Å². The molecule has 0 radical (unpaired) electrons. The summed E-state index contributed by atoms with van der Waals surface area (Å²) >= 11 is 0. The predicted octanol–water partition coefficient (Wildman–Crippen LogP) is 2.35. The number of hydrogen-bond donors (Lipinski definition) is 1. The third-order valence-corrected chi connectivity index (χ3v) is 3.19. The first-order valence-corrected chi connectivity index (χ1v) is 6.47. The van der Waals surface area contributed by atoms with Crippen molar-refractivity contribution in [3.63, 3.8) is 0 Å². The second-order valence-corrected chi connectivity index (χ2v) is 4.67. The van der Waals surface area contributed by atoms with E-state index < -0.39 is 0 Å². The van der Waals surface area contributed by atoms with Crippen LogP contribution in [0.15, 0.2) is 24.4 Å². The Morgan fingerprint density at radius 2 is 2.21 bits per heavy atom. The molecule has 2 rings (SSSR count). The molecule has 2 aromatic rings. The molecular formula is C14H19FN4. The first-order valence-electron chi connectivity index (χ1n) is 6.47. The Morgan fingerprint density at radius 1 is 1.42 bits per heavy atom. The summed E-state index contributed by atoms with van der Waals surface area (Å²) in [4.78, 5) is 0. The summed E-state index contributed by atoms with van der Waals surface area (Å²) in [7, 11) is 1.86. The van der Waals surface area contributed by atoms with Gasteiger partial charge in [0.2, 0.25) is 0 Å². The van der Waals surface area contributed by atoms with Gasteiger partial charge in [-0.15, -0.1) is 5.10 Å². The lowest BCUT2D eigenvalue weighted by atomic mass is 9.98. The number of halogens is 1. The monoisotopic (exact) mass is 262 g/mol. The molecule has 0 spiro atoms. The Morgan fingerprint density at radius 3 is 2.79 bits per heavy atom. The van der Waals surface area contributed by atoms with E-state index in [-0.39, 0.29) is 11.9 Å². The van der Waals surface area contributed by atoms with Crippen LogP contribution in [0.5, 0.6) is 0 Å². The minimum Gasteiger partial charge on any atom is -0.305 e. The first-order chi connectivity index (χ1) is 9.13. The molecule has 0 saturated heterocycles. The van der Waals surface area contributed by atoms with E-state index in [1.165, 1.54) is 6.07 Å². The summed E-state index contributed by atoms with van der Waals surface area (Å²) < 4.78 is 15.0. The quantitative estimate of drug-likeness (QED) is 0.899. The molecule has 1 atom stereocenters. The highest BCUT2D eigenvalue weighted by molar-refractivity contribution is 5.34. The highest BCUT2D eigenvalue weighted by Crippen LogP contribution is 2.24. The Balaban J connectivity index is 2.40. The molecule has 0 aliphatic rings. The van der Waals surface area contributed by atoms with Crippen LogP contribution in [0.3, 0.4) is 0 Å². The highest BCUT2D eigenvalue weighted by Gasteiger charge is 2.19. The Labute approximate surface area is 112 Å². The van der Waals surface area contributed by atoms with Crippen LogP contribution in [-0.2, 0) is 7.05 Å². The normalized spacial score (nSPS) is 12.6. The maximum Gasteiger partial charge on any atom is 0.123 e. The Hall–Kier alpha value is -1.75. The number of aryl methyl sites for hydroxylation is 2. The molecule has 1 unspecified atom stereocenters. The SMILES string of the molecule is CCCNC(c1ccc(F)cc1C)c1cnnn1C. The van der Waals surface area contributed by atoms with Crippen LogP contribution in [0.4, 0.5) is 4.39 Å². The average molecular weight is 262 g/mol. The summed E-state index contributed by atoms with van der Waals surface area (Å²) in [5.41, 5.74) is 2.96. The molecule has 0 amide bonds. The van der Waals surface area contributed by atoms with Crippen LogP contribution in [0, 0.1) is 12.7 Å². The zero-order valence-electron chi connectivity index (χ0n) is 11.5. The second kappa shape index (κ2) is 5.93. The zero-order chi connectivity index (χ0) is 13.8. The third kappa shape index (κ3) is 2.98. The topological polar surface area (TPSA) is 42.7 Å². The maximum absolute atomic E-state index is 13.2. The van der Waals surface area contributed by atoms with Crippen LogP contribution in [0.25, 0.3) is 0 Å². The van der Waals surface area contributed by atoms with E-state index in [0.29, 0.717) is 0 Å². The van der Waals surface area contributed by atoms with Crippen molar-refractivity contribution in [1.29, 1.82) is 0 Å². The van der Waals surface area contributed by atoms with Crippen LogP contribution >= 0.6 is 0 Å². The number of aromatic nitrogens is 3. The molecule has 19 heavy (non-hydrogen) atoms. The second-order valence-electron chi connectivity index (χ2n) is 4.67. The first kappa shape index (κ1) is 13.7. The summed E-state index contributed by atoms with van der Waals surface area (Å²) in [5.74, 6) is -0.210. The highest BCUT2D eigenvalue weighted by atomic mass is 19.1. The van der Waals surface area contributed by atoms with Crippen molar-refractivity contribution in [2.75, 3.05) is 6.54 Å². The van der Waals surface area contributed by atoms with Crippen molar-refractivity contribution in [2.45, 2.75) is 26.3 Å². The Bertz CT molecular complexity index is 550. The fourth-order valence-electron chi connectivity index (χ4n) is 2.18. The summed E-state index contributed by atoms with van der Waals surface area (Å²) in [6.07, 6.45) is 2.78. The van der Waals surface area contributed by atoms with E-state index >= 15 is 0 Å². The van der Waals surface area contributed by atoms with Gasteiger partial charge in [0.25, 0.3) is 0 Å². The molecule has 0 fully saturated rings. The van der Waals surface area contributed by atoms with Crippen molar-refractivity contribution in [2.24, 2.45) is 7.05 Å². The van der Waals surface area contributed by atoms with Gasteiger partial charge in [0.15, 0.2) is 0 Å². The van der Waals surface area contributed by atoms with Gasteiger partial charge in [-0.2, -0.15) is 0 Å². The zero-order valence-corrected chi connectivity index (χ0v) is 11.5. The lowest BCUT2D eigenvalue weighted by Crippen LogP contribution is -2.26. The number of nitrogens with zero attached hydrogens (tertiary/aromatic N) is 3. The number of nitrogens with one attached hydrogen (secondary N) is 1. The smallest absolute Gasteiger partial charge is 0.123 e. The van der Waals surface area contributed by atoms with Gasteiger partial charge in [-0.3, -0.25) is 4.68 Å². The van der Waals surface area contributed by atoms with Crippen LogP contribution in [-0.4, -0.2) is 21.5 Å². The largest absolute Gasteiger partial charge is 0.305 e. The molecule has 4 nitrogen and oxygen atoms in total. The molecular weight excluding hydrogens is 243 g/mol. The molecule has 0 bridgehead atoms. The standard InChI is InChI=1S/C14H19FN4/c1-4-7-16-14(13-9-17-18-19(13)3)12-6-5-11(15)8-10(12)2/h5-6,8-9,14,16H,4,7H2,1-3H3. The molecule has 1 N–H and O–H groups in total. The Kier molecular flexibility index (Phi) is 4.27. The van der Waals surface area contributed by atoms with Crippen molar-refractivity contribution < 1.29 is 4.39 Å². The van der Waals surface area contributed by atoms with E-state index in [1.807, 2.05) is 20.0 Å². The van der Waals surface area contributed by atoms with Crippen molar-refractivity contribution in [3.05, 3.63) is 47.0 Å². The van der Waals surface area contributed by atoms with E-state index in [9.17, 15) is 4.39 Å². The number of hydrogen-bond acceptors (Lipinski definition) is 3. The minimum atomic E-state index is -0.210. The van der Waals surface area contributed by atoms with Crippen LogP contribution in [0.1, 0.15) is 36.2 Å². The van der Waals surface area contributed by atoms with E-state index in [1.54, 1.807) is 16.9 Å². The van der Waals surface area contributed by atoms with Crippen LogP contribution < -0.4 is 5.32 Å². The fourth-order valence-corrected chi connectivity index (χ4v) is 2.18. The number of benzene rings is 1. The third-order valence-electron chi connectivity index (χ3n) is 3.19. The van der Waals surface area contributed by atoms with Gasteiger partial charge in [0.1, 0.15) is 5.82 Å². The van der Waals surface area contributed by atoms with E-state index in [0.717, 1.165) is 29.8 Å². The molecule has 1 heterocycles. The van der Waals surface area contributed by atoms with Gasteiger partial charge in [0, 0.05) is 7.05 Å². The lowest BCUT2D eigenvalue weighted by molar-refractivity contribution is 0.547. The maximum atomic E-state index is 13.2. The van der Waals surface area contributed by atoms with Crippen molar-refractivity contribution in [3.8, 4) is 0 Å². The van der Waals surface area contributed by atoms with Gasteiger partial charge < -0.3 is 5.32 Å². The summed E-state index contributed by atoms with van der Waals surface area (Å²) in [6, 6.07) is 4.86. The minimum absolute atomic E-state index is 0.0134. The molecule has 0 aliphatic carbocycles. The fraction of sp³-hybridized carbons (Fsp3) is 0.429. The van der Waals surface area contributed by atoms with Crippen molar-refractivity contribution in [1.82, 2.24) is 20.3 Å². The molecule has 0 saturated carbocycles. The van der Waals surface area contributed by atoms with Gasteiger partial charge in [0.05, 0.1) is 17.9 Å². The summed E-state index contributed by atoms with van der Waals surface area (Å²) in [6.45, 7) is 4.92.